The van der Waals surface area contributed by atoms with Crippen LogP contribution in [0.25, 0.3) is 16.8 Å². The molecule has 0 saturated carbocycles. The molecule has 5 nitrogen and oxygen atoms in total. The Hall–Kier alpha value is -4.38. The van der Waals surface area contributed by atoms with Gasteiger partial charge in [-0.05, 0) is 47.5 Å². The number of carboxylic acid groups (broad SMARTS) is 1. The van der Waals surface area contributed by atoms with E-state index in [4.69, 9.17) is 9.84 Å². The summed E-state index contributed by atoms with van der Waals surface area (Å²) in [5.41, 5.74) is 2.86. The fourth-order valence-electron chi connectivity index (χ4n) is 4.54. The highest BCUT2D eigenvalue weighted by Gasteiger charge is 2.37. The number of aliphatic carboxylic acids is 1. The van der Waals surface area contributed by atoms with Crippen LogP contribution in [0.3, 0.4) is 0 Å². The van der Waals surface area contributed by atoms with Crippen LogP contribution in [-0.2, 0) is 10.4 Å². The molecular formula is C30H25NO4. The monoisotopic (exact) mass is 463 g/mol. The number of fused-ring (bicyclic) bond motifs is 3. The molecule has 0 fully saturated rings. The van der Waals surface area contributed by atoms with Gasteiger partial charge in [0.1, 0.15) is 5.75 Å². The van der Waals surface area contributed by atoms with Crippen LogP contribution in [0.1, 0.15) is 39.9 Å². The number of carbonyl (C=O) groups excluding carboxylic acids is 1. The van der Waals surface area contributed by atoms with Gasteiger partial charge in [0.05, 0.1) is 0 Å². The number of carboxylic acids is 1. The highest BCUT2D eigenvalue weighted by molar-refractivity contribution is 6.01. The first-order chi connectivity index (χ1) is 17.1. The van der Waals surface area contributed by atoms with Crippen LogP contribution in [0, 0.1) is 0 Å². The van der Waals surface area contributed by atoms with E-state index in [2.05, 4.69) is 41.7 Å². The molecule has 1 amide bonds. The lowest BCUT2D eigenvalue weighted by Gasteiger charge is -2.36. The van der Waals surface area contributed by atoms with Crippen LogP contribution in [0.2, 0.25) is 0 Å². The molecule has 5 rings (SSSR count). The maximum Gasteiger partial charge on any atom is 0.303 e. The summed E-state index contributed by atoms with van der Waals surface area (Å²) < 4.78 is 6.75. The molecule has 0 saturated heterocycles. The zero-order valence-electron chi connectivity index (χ0n) is 19.1. The molecule has 35 heavy (non-hydrogen) atoms. The molecule has 1 aliphatic rings. The summed E-state index contributed by atoms with van der Waals surface area (Å²) in [4.78, 5) is 23.2. The second kappa shape index (κ2) is 9.47. The van der Waals surface area contributed by atoms with Gasteiger partial charge in [0, 0.05) is 35.2 Å². The molecule has 0 aromatic heterocycles. The third kappa shape index (κ3) is 4.41. The number of ether oxygens (including phenoxy) is 1. The van der Waals surface area contributed by atoms with Gasteiger partial charge in [-0.1, -0.05) is 72.8 Å². The first-order valence-electron chi connectivity index (χ1n) is 11.6. The van der Waals surface area contributed by atoms with Crippen LogP contribution < -0.4 is 10.1 Å². The van der Waals surface area contributed by atoms with Crippen LogP contribution in [0.15, 0.2) is 97.1 Å². The third-order valence-corrected chi connectivity index (χ3v) is 6.30. The third-order valence-electron chi connectivity index (χ3n) is 6.30. The van der Waals surface area contributed by atoms with E-state index in [-0.39, 0.29) is 12.3 Å². The number of amides is 1. The Morgan fingerprint density at radius 2 is 1.54 bits per heavy atom. The lowest BCUT2D eigenvalue weighted by atomic mass is 9.83. The first-order valence-corrected chi connectivity index (χ1v) is 11.6. The van der Waals surface area contributed by atoms with Crippen LogP contribution in [0.4, 0.5) is 0 Å². The SMILES string of the molecule is O=C(O)CCCNC(=O)c1ccc2c3c(ccc2c1)OC(c1ccccc1)(c1ccccc1)C=C3. The largest absolute Gasteiger partial charge is 0.481 e. The van der Waals surface area contributed by atoms with Gasteiger partial charge in [0.15, 0.2) is 5.60 Å². The topological polar surface area (TPSA) is 75.6 Å². The standard InChI is InChI=1S/C30H25NO4/c32-28(33)12-7-19-31-29(34)22-13-15-25-21(20-22)14-16-27-26(25)17-18-30(35-27,23-8-3-1-4-9-23)24-10-5-2-6-11-24/h1-6,8-11,13-18,20H,7,12,19H2,(H,31,34)(H,32,33). The Bertz CT molecular complexity index is 1370. The Morgan fingerprint density at radius 3 is 2.20 bits per heavy atom. The maximum atomic E-state index is 12.5. The zero-order valence-corrected chi connectivity index (χ0v) is 19.1. The van der Waals surface area contributed by atoms with Crippen molar-refractivity contribution in [2.45, 2.75) is 18.4 Å². The van der Waals surface area contributed by atoms with Gasteiger partial charge in [-0.15, -0.1) is 0 Å². The van der Waals surface area contributed by atoms with Crippen LogP contribution >= 0.6 is 0 Å². The van der Waals surface area contributed by atoms with E-state index in [1.165, 1.54) is 0 Å². The Morgan fingerprint density at radius 1 is 0.857 bits per heavy atom. The van der Waals surface area contributed by atoms with Crippen molar-refractivity contribution in [2.24, 2.45) is 0 Å². The van der Waals surface area contributed by atoms with Crippen molar-refractivity contribution in [3.63, 3.8) is 0 Å². The summed E-state index contributed by atoms with van der Waals surface area (Å²) in [6.07, 6.45) is 4.63. The second-order valence-corrected chi connectivity index (χ2v) is 8.57. The Kier molecular flexibility index (Phi) is 6.06. The van der Waals surface area contributed by atoms with E-state index in [1.54, 1.807) is 6.07 Å². The molecule has 4 aromatic rings. The summed E-state index contributed by atoms with van der Waals surface area (Å²) in [5, 5.41) is 13.5. The fourth-order valence-corrected chi connectivity index (χ4v) is 4.54. The Balaban J connectivity index is 1.47. The van der Waals surface area contributed by atoms with E-state index >= 15 is 0 Å². The summed E-state index contributed by atoms with van der Waals surface area (Å²) in [7, 11) is 0. The van der Waals surface area contributed by atoms with Gasteiger partial charge in [0.25, 0.3) is 5.91 Å². The minimum absolute atomic E-state index is 0.0317. The van der Waals surface area contributed by atoms with Crippen molar-refractivity contribution in [1.82, 2.24) is 5.32 Å². The van der Waals surface area contributed by atoms with E-state index in [0.717, 1.165) is 33.2 Å². The molecule has 0 aliphatic carbocycles. The quantitative estimate of drug-likeness (QED) is 0.341. The van der Waals surface area contributed by atoms with E-state index in [1.807, 2.05) is 60.7 Å². The number of nitrogens with one attached hydrogen (secondary N) is 1. The van der Waals surface area contributed by atoms with Gasteiger partial charge in [0.2, 0.25) is 0 Å². The molecule has 1 heterocycles. The molecule has 5 heteroatoms. The van der Waals surface area contributed by atoms with Crippen molar-refractivity contribution in [3.05, 3.63) is 119 Å². The smallest absolute Gasteiger partial charge is 0.303 e. The normalized spacial score (nSPS) is 13.6. The van der Waals surface area contributed by atoms with Gasteiger partial charge in [-0.2, -0.15) is 0 Å². The van der Waals surface area contributed by atoms with Crippen LogP contribution in [0.5, 0.6) is 5.75 Å². The van der Waals surface area contributed by atoms with Gasteiger partial charge >= 0.3 is 5.97 Å². The van der Waals surface area contributed by atoms with Crippen molar-refractivity contribution in [2.75, 3.05) is 6.54 Å². The molecular weight excluding hydrogens is 438 g/mol. The Labute approximate surface area is 203 Å². The van der Waals surface area contributed by atoms with Crippen molar-refractivity contribution in [1.29, 1.82) is 0 Å². The van der Waals surface area contributed by atoms with Crippen molar-refractivity contribution >= 4 is 28.7 Å². The average Bonchev–Trinajstić information content (AvgIpc) is 2.91. The summed E-state index contributed by atoms with van der Waals surface area (Å²) in [5.74, 6) is -0.305. The molecule has 4 aromatic carbocycles. The van der Waals surface area contributed by atoms with Crippen LogP contribution in [-0.4, -0.2) is 23.5 Å². The van der Waals surface area contributed by atoms with Gasteiger partial charge < -0.3 is 15.2 Å². The van der Waals surface area contributed by atoms with E-state index in [9.17, 15) is 9.59 Å². The molecule has 174 valence electrons. The first kappa shape index (κ1) is 22.4. The molecule has 0 spiro atoms. The van der Waals surface area contributed by atoms with Crippen molar-refractivity contribution in [3.8, 4) is 5.75 Å². The predicted octanol–water partition coefficient (Wildman–Crippen LogP) is 5.78. The number of rotatable bonds is 7. The zero-order chi connectivity index (χ0) is 24.3. The summed E-state index contributed by atoms with van der Waals surface area (Å²) in [6.45, 7) is 0.324. The minimum Gasteiger partial charge on any atom is -0.481 e. The number of hydrogen-bond acceptors (Lipinski definition) is 3. The molecule has 0 bridgehead atoms. The molecule has 0 radical (unpaired) electrons. The highest BCUT2D eigenvalue weighted by Crippen LogP contribution is 2.44. The lowest BCUT2D eigenvalue weighted by Crippen LogP contribution is -2.34. The minimum atomic E-state index is -0.867. The number of benzene rings is 4. The predicted molar refractivity (Wildman–Crippen MR) is 136 cm³/mol. The number of hydrogen-bond donors (Lipinski definition) is 2. The highest BCUT2D eigenvalue weighted by atomic mass is 16.5. The summed E-state index contributed by atoms with van der Waals surface area (Å²) in [6, 6.07) is 29.9. The lowest BCUT2D eigenvalue weighted by molar-refractivity contribution is -0.137. The molecule has 0 atom stereocenters. The average molecular weight is 464 g/mol. The summed E-state index contributed by atoms with van der Waals surface area (Å²) >= 11 is 0. The molecule has 1 aliphatic heterocycles. The second-order valence-electron chi connectivity index (χ2n) is 8.57. The maximum absolute atomic E-state index is 12.5. The van der Waals surface area contributed by atoms with Crippen molar-refractivity contribution < 1.29 is 19.4 Å². The van der Waals surface area contributed by atoms with Gasteiger partial charge in [-0.25, -0.2) is 0 Å². The fraction of sp³-hybridized carbons (Fsp3) is 0.133. The molecule has 2 N–H and O–H groups in total. The molecule has 0 unspecified atom stereocenters. The van der Waals surface area contributed by atoms with Gasteiger partial charge in [-0.3, -0.25) is 9.59 Å². The van der Waals surface area contributed by atoms with E-state index < -0.39 is 11.6 Å². The number of carbonyl (C=O) groups is 2. The van der Waals surface area contributed by atoms with E-state index in [0.29, 0.717) is 18.5 Å².